The molecule has 0 heteroatoms. The van der Waals surface area contributed by atoms with Gasteiger partial charge in [0.05, 0.1) is 13.3 Å². The summed E-state index contributed by atoms with van der Waals surface area (Å²) in [6, 6.07) is 0. The quantitative estimate of drug-likeness (QED) is 0.279. The van der Waals surface area contributed by atoms with E-state index in [1.54, 1.807) is 0 Å². The summed E-state index contributed by atoms with van der Waals surface area (Å²) in [5.41, 5.74) is 0. The molecular formula is C7H11+. The van der Waals surface area contributed by atoms with E-state index in [0.29, 0.717) is 0 Å². The second-order valence-corrected chi connectivity index (χ2v) is 1.46. The number of unbranched alkanes of at least 4 members (excludes halogenated alkanes) is 2. The van der Waals surface area contributed by atoms with Crippen LogP contribution >= 0.6 is 0 Å². The first kappa shape index (κ1) is 6.43. The molecule has 0 aromatic heterocycles. The highest BCUT2D eigenvalue weighted by atomic mass is 13.8. The summed E-state index contributed by atoms with van der Waals surface area (Å²) in [6.07, 6.45) is 3.46. The van der Waals surface area contributed by atoms with Gasteiger partial charge in [0.1, 0.15) is 11.8 Å². The van der Waals surface area contributed by atoms with Crippen LogP contribution in [0.4, 0.5) is 0 Å². The van der Waals surface area contributed by atoms with Crippen LogP contribution in [0.1, 0.15) is 26.2 Å². The maximum atomic E-state index is 3.40. The van der Waals surface area contributed by atoms with Crippen LogP contribution in [0.5, 0.6) is 0 Å². The molecule has 0 heterocycles. The first-order chi connectivity index (χ1) is 3.41. The molecule has 0 aromatic rings. The largest absolute Gasteiger partial charge is 0.135 e. The van der Waals surface area contributed by atoms with Gasteiger partial charge in [0.2, 0.25) is 0 Å². The van der Waals surface area contributed by atoms with Crippen LogP contribution in [0.25, 0.3) is 0 Å². The van der Waals surface area contributed by atoms with E-state index < -0.39 is 0 Å². The van der Waals surface area contributed by atoms with Crippen LogP contribution in [-0.2, 0) is 0 Å². The molecule has 0 rings (SSSR count). The van der Waals surface area contributed by atoms with E-state index in [0.717, 1.165) is 6.42 Å². The van der Waals surface area contributed by atoms with Crippen molar-refractivity contribution in [1.29, 1.82) is 0 Å². The van der Waals surface area contributed by atoms with Gasteiger partial charge in [-0.2, -0.15) is 0 Å². The lowest BCUT2D eigenvalue weighted by Gasteiger charge is -1.75. The van der Waals surface area contributed by atoms with Gasteiger partial charge in [-0.25, -0.2) is 0 Å². The third-order valence-electron chi connectivity index (χ3n) is 0.780. The highest BCUT2D eigenvalue weighted by Gasteiger charge is 1.79. The van der Waals surface area contributed by atoms with Crippen molar-refractivity contribution in [2.45, 2.75) is 26.2 Å². The molecule has 0 aliphatic rings. The van der Waals surface area contributed by atoms with Crippen molar-refractivity contribution in [3.63, 3.8) is 0 Å². The minimum atomic E-state index is 1.01. The molecule has 0 saturated heterocycles. The monoisotopic (exact) mass is 95.1 g/mol. The summed E-state index contributed by atoms with van der Waals surface area (Å²) in [4.78, 5) is 0. The standard InChI is InChI=1S/C7H11/c1-3-5-7-6-4-2/h1,4,6-7H2,2H3/q+1. The molecule has 0 saturated carbocycles. The van der Waals surface area contributed by atoms with Gasteiger partial charge >= 0.3 is 0 Å². The number of hydrogen-bond acceptors (Lipinski definition) is 0. The fourth-order valence-electron chi connectivity index (χ4n) is 0.354. The predicted octanol–water partition coefficient (Wildman–Crippen LogP) is 2.01. The zero-order valence-electron chi connectivity index (χ0n) is 4.83. The maximum absolute atomic E-state index is 3.40. The Kier molecular flexibility index (Phi) is 4.99. The van der Waals surface area contributed by atoms with Crippen molar-refractivity contribution in [3.05, 3.63) is 6.92 Å². The highest BCUT2D eigenvalue weighted by molar-refractivity contribution is 5.00. The molecule has 7 heavy (non-hydrogen) atoms. The van der Waals surface area contributed by atoms with E-state index in [9.17, 15) is 0 Å². The van der Waals surface area contributed by atoms with Crippen LogP contribution in [-0.4, -0.2) is 0 Å². The molecule has 0 bridgehead atoms. The Morgan fingerprint density at radius 2 is 2.29 bits per heavy atom. The lowest BCUT2D eigenvalue weighted by molar-refractivity contribution is 0.828. The first-order valence-electron chi connectivity index (χ1n) is 2.66. The predicted molar refractivity (Wildman–Crippen MR) is 32.7 cm³/mol. The zero-order valence-corrected chi connectivity index (χ0v) is 4.83. The average Bonchev–Trinajstić information content (AvgIpc) is 1.69. The van der Waals surface area contributed by atoms with Crippen molar-refractivity contribution < 1.29 is 0 Å². The molecular weight excluding hydrogens is 84.1 g/mol. The molecule has 0 N–H and O–H groups in total. The topological polar surface area (TPSA) is 0 Å². The van der Waals surface area contributed by atoms with E-state index in [1.165, 1.54) is 12.8 Å². The molecule has 0 nitrogen and oxygen atoms in total. The Hall–Kier alpha value is -0.570. The van der Waals surface area contributed by atoms with Crippen molar-refractivity contribution in [1.82, 2.24) is 0 Å². The van der Waals surface area contributed by atoms with Crippen LogP contribution in [0, 0.1) is 18.8 Å². The highest BCUT2D eigenvalue weighted by Crippen LogP contribution is 1.89. The minimum Gasteiger partial charge on any atom is -0.0653 e. The first-order valence-corrected chi connectivity index (χ1v) is 2.66. The van der Waals surface area contributed by atoms with Crippen molar-refractivity contribution in [2.24, 2.45) is 0 Å². The molecule has 0 aromatic carbocycles. The van der Waals surface area contributed by atoms with Gasteiger partial charge in [-0.05, 0) is 6.42 Å². The zero-order chi connectivity index (χ0) is 5.54. The van der Waals surface area contributed by atoms with Gasteiger partial charge in [0, 0.05) is 0 Å². The molecule has 0 spiro atoms. The summed E-state index contributed by atoms with van der Waals surface area (Å²) in [6.45, 7) is 5.55. The fourth-order valence-corrected chi connectivity index (χ4v) is 0.354. The van der Waals surface area contributed by atoms with Crippen molar-refractivity contribution >= 4 is 0 Å². The van der Waals surface area contributed by atoms with E-state index in [1.807, 2.05) is 0 Å². The third-order valence-corrected chi connectivity index (χ3v) is 0.780. The smallest absolute Gasteiger partial charge is 0.0653 e. The Labute approximate surface area is 45.9 Å². The Morgan fingerprint density at radius 1 is 1.57 bits per heavy atom. The van der Waals surface area contributed by atoms with E-state index >= 15 is 0 Å². The third kappa shape index (κ3) is 5.43. The summed E-state index contributed by atoms with van der Waals surface area (Å²) in [5.74, 6) is 5.49. The molecule has 0 unspecified atom stereocenters. The second-order valence-electron chi connectivity index (χ2n) is 1.46. The maximum Gasteiger partial charge on any atom is 0.135 e. The van der Waals surface area contributed by atoms with Crippen LogP contribution < -0.4 is 0 Å². The minimum absolute atomic E-state index is 1.01. The lowest BCUT2D eigenvalue weighted by Crippen LogP contribution is -1.64. The van der Waals surface area contributed by atoms with Gasteiger partial charge in [-0.15, -0.1) is 0 Å². The summed E-state index contributed by atoms with van der Waals surface area (Å²) in [5, 5.41) is 0. The molecule has 0 amide bonds. The van der Waals surface area contributed by atoms with Crippen LogP contribution in [0.2, 0.25) is 0 Å². The van der Waals surface area contributed by atoms with Gasteiger partial charge < -0.3 is 0 Å². The molecule has 0 atom stereocenters. The van der Waals surface area contributed by atoms with Gasteiger partial charge in [0.25, 0.3) is 0 Å². The lowest BCUT2D eigenvalue weighted by atomic mass is 10.3. The van der Waals surface area contributed by atoms with Gasteiger partial charge in [-0.1, -0.05) is 13.3 Å². The molecule has 0 radical (unpaired) electrons. The average molecular weight is 95.2 g/mol. The van der Waals surface area contributed by atoms with Gasteiger partial charge in [0.15, 0.2) is 0 Å². The fraction of sp³-hybridized carbons (Fsp3) is 0.571. The molecule has 0 aliphatic heterocycles. The van der Waals surface area contributed by atoms with E-state index in [2.05, 4.69) is 25.7 Å². The SMILES string of the molecule is [CH2+]C#CCCCC. The van der Waals surface area contributed by atoms with Crippen molar-refractivity contribution in [2.75, 3.05) is 0 Å². The van der Waals surface area contributed by atoms with Crippen LogP contribution in [0.3, 0.4) is 0 Å². The molecule has 38 valence electrons. The Balaban J connectivity index is 2.78. The second kappa shape index (κ2) is 5.43. The molecule has 0 aliphatic carbocycles. The Bertz CT molecular complexity index is 71.8. The number of rotatable bonds is 2. The van der Waals surface area contributed by atoms with E-state index in [4.69, 9.17) is 0 Å². The van der Waals surface area contributed by atoms with Crippen LogP contribution in [0.15, 0.2) is 0 Å². The molecule has 0 fully saturated rings. The van der Waals surface area contributed by atoms with Crippen molar-refractivity contribution in [3.8, 4) is 11.8 Å². The van der Waals surface area contributed by atoms with E-state index in [-0.39, 0.29) is 0 Å². The van der Waals surface area contributed by atoms with Gasteiger partial charge in [-0.3, -0.25) is 0 Å². The number of hydrogen-bond donors (Lipinski definition) is 0. The summed E-state index contributed by atoms with van der Waals surface area (Å²) >= 11 is 0. The normalized spacial score (nSPS) is 7.00. The summed E-state index contributed by atoms with van der Waals surface area (Å²) in [7, 11) is 0. The summed E-state index contributed by atoms with van der Waals surface area (Å²) < 4.78 is 0. The Morgan fingerprint density at radius 3 is 2.71 bits per heavy atom.